The van der Waals surface area contributed by atoms with E-state index in [2.05, 4.69) is 0 Å². The number of carbonyl (C=O) groups excluding carboxylic acids is 2. The lowest BCUT2D eigenvalue weighted by atomic mass is 9.69. The van der Waals surface area contributed by atoms with Gasteiger partial charge in [-0.2, -0.15) is 0 Å². The molecule has 0 aromatic heterocycles. The maximum Gasteiger partial charge on any atom is 0.163 e. The number of Topliss-reactive ketones (excluding diaryl/α,β-unsaturated/α-hetero) is 2. The second-order valence-corrected chi connectivity index (χ2v) is 10.2. The van der Waals surface area contributed by atoms with Crippen molar-refractivity contribution < 1.29 is 23.8 Å². The van der Waals surface area contributed by atoms with Crippen molar-refractivity contribution in [2.24, 2.45) is 0 Å². The zero-order valence-electron chi connectivity index (χ0n) is 21.6. The quantitative estimate of drug-likeness (QED) is 0.389. The van der Waals surface area contributed by atoms with Gasteiger partial charge in [0.1, 0.15) is 23.0 Å². The first-order chi connectivity index (χ1) is 18.6. The number of allylic oxidation sites excluding steroid dienone is 4. The van der Waals surface area contributed by atoms with Crippen LogP contribution >= 0.6 is 0 Å². The van der Waals surface area contributed by atoms with Gasteiger partial charge in [0.2, 0.25) is 0 Å². The van der Waals surface area contributed by atoms with Crippen molar-refractivity contribution in [3.05, 3.63) is 118 Å². The average Bonchev–Trinajstić information content (AvgIpc) is 2.96. The van der Waals surface area contributed by atoms with E-state index in [4.69, 9.17) is 14.2 Å². The van der Waals surface area contributed by atoms with Crippen molar-refractivity contribution in [2.75, 3.05) is 14.2 Å². The molecule has 0 N–H and O–H groups in total. The third kappa shape index (κ3) is 4.32. The number of hydrogen-bond acceptors (Lipinski definition) is 5. The smallest absolute Gasteiger partial charge is 0.163 e. The van der Waals surface area contributed by atoms with Crippen LogP contribution in [0, 0.1) is 0 Å². The largest absolute Gasteiger partial charge is 0.497 e. The summed E-state index contributed by atoms with van der Waals surface area (Å²) in [6.07, 6.45) is 2.02. The van der Waals surface area contributed by atoms with Crippen LogP contribution < -0.4 is 9.47 Å². The zero-order valence-corrected chi connectivity index (χ0v) is 21.6. The summed E-state index contributed by atoms with van der Waals surface area (Å²) in [7, 11) is 3.29. The van der Waals surface area contributed by atoms with Crippen LogP contribution in [0.3, 0.4) is 0 Å². The van der Waals surface area contributed by atoms with Crippen LogP contribution in [0.5, 0.6) is 11.5 Å². The number of rotatable bonds is 5. The second-order valence-electron chi connectivity index (χ2n) is 10.2. The van der Waals surface area contributed by atoms with E-state index in [0.717, 1.165) is 28.2 Å². The van der Waals surface area contributed by atoms with Crippen molar-refractivity contribution in [3.63, 3.8) is 0 Å². The molecule has 0 saturated carbocycles. The minimum Gasteiger partial charge on any atom is -0.497 e. The molecule has 3 aromatic rings. The lowest BCUT2D eigenvalue weighted by Gasteiger charge is -2.39. The van der Waals surface area contributed by atoms with Gasteiger partial charge in [0.15, 0.2) is 11.6 Å². The molecule has 1 aliphatic heterocycles. The predicted molar refractivity (Wildman–Crippen MR) is 144 cm³/mol. The summed E-state index contributed by atoms with van der Waals surface area (Å²) in [5.74, 6) is 2.74. The summed E-state index contributed by atoms with van der Waals surface area (Å²) < 4.78 is 17.2. The van der Waals surface area contributed by atoms with Gasteiger partial charge < -0.3 is 14.2 Å². The molecule has 3 aromatic carbocycles. The fourth-order valence-corrected chi connectivity index (χ4v) is 6.12. The van der Waals surface area contributed by atoms with Gasteiger partial charge in [-0.3, -0.25) is 9.59 Å². The van der Waals surface area contributed by atoms with Gasteiger partial charge >= 0.3 is 0 Å². The summed E-state index contributed by atoms with van der Waals surface area (Å²) in [4.78, 5) is 27.5. The highest BCUT2D eigenvalue weighted by Gasteiger charge is 2.45. The van der Waals surface area contributed by atoms with Gasteiger partial charge in [-0.05, 0) is 52.8 Å². The van der Waals surface area contributed by atoms with Crippen molar-refractivity contribution in [1.82, 2.24) is 0 Å². The van der Waals surface area contributed by atoms with Crippen molar-refractivity contribution in [3.8, 4) is 11.5 Å². The Balaban J connectivity index is 1.38. The number of ketones is 2. The topological polar surface area (TPSA) is 61.8 Å². The summed E-state index contributed by atoms with van der Waals surface area (Å²) in [6, 6.07) is 25.7. The summed E-state index contributed by atoms with van der Waals surface area (Å²) >= 11 is 0. The summed E-state index contributed by atoms with van der Waals surface area (Å²) in [5.41, 5.74) is 4.43. The number of ether oxygens (including phenoxy) is 3. The number of hydrogen-bond donors (Lipinski definition) is 0. The highest BCUT2D eigenvalue weighted by molar-refractivity contribution is 6.06. The Kier molecular flexibility index (Phi) is 6.36. The van der Waals surface area contributed by atoms with E-state index in [9.17, 15) is 9.59 Å². The lowest BCUT2D eigenvalue weighted by Crippen LogP contribution is -2.33. The molecule has 5 nitrogen and oxygen atoms in total. The van der Waals surface area contributed by atoms with E-state index in [0.29, 0.717) is 48.3 Å². The Hall–Kier alpha value is -4.12. The molecule has 1 unspecified atom stereocenters. The fourth-order valence-electron chi connectivity index (χ4n) is 6.12. The third-order valence-corrected chi connectivity index (χ3v) is 8.06. The fraction of sp³-hybridized carbons (Fsp3) is 0.273. The molecule has 5 heteroatoms. The lowest BCUT2D eigenvalue weighted by molar-refractivity contribution is -0.118. The molecule has 38 heavy (non-hydrogen) atoms. The Bertz CT molecular complexity index is 1340. The average molecular weight is 507 g/mol. The monoisotopic (exact) mass is 506 g/mol. The van der Waals surface area contributed by atoms with Gasteiger partial charge in [0.25, 0.3) is 0 Å². The second kappa shape index (κ2) is 9.97. The van der Waals surface area contributed by atoms with E-state index in [1.54, 1.807) is 14.2 Å². The molecular formula is C33H30O5. The molecule has 0 bridgehead atoms. The summed E-state index contributed by atoms with van der Waals surface area (Å²) in [6.45, 7) is 0. The van der Waals surface area contributed by atoms with Gasteiger partial charge in [-0.15, -0.1) is 0 Å². The summed E-state index contributed by atoms with van der Waals surface area (Å²) in [5, 5.41) is 0. The number of carbonyl (C=O) groups is 2. The van der Waals surface area contributed by atoms with Crippen LogP contribution in [0.1, 0.15) is 60.1 Å². The Morgan fingerprint density at radius 2 is 1.03 bits per heavy atom. The maximum atomic E-state index is 13.7. The standard InChI is InChI=1S/C33H30O5/c1-36-25-12-8-20(9-13-25)23-16-27(34)32-29(18-23)38-30-19-24(21-10-14-26(37-2)15-11-21)17-28(35)33(30)31(32)22-6-4-3-5-7-22/h3-15,23-24,31H,16-19H2,1-2H3/t23-,24+,31?. The molecule has 3 atom stereocenters. The van der Waals surface area contributed by atoms with E-state index >= 15 is 0 Å². The molecule has 0 spiro atoms. The Labute approximate surface area is 222 Å². The van der Waals surface area contributed by atoms with Gasteiger partial charge in [-0.25, -0.2) is 0 Å². The van der Waals surface area contributed by atoms with Crippen LogP contribution in [0.15, 0.2) is 102 Å². The molecule has 192 valence electrons. The van der Waals surface area contributed by atoms with Crippen molar-refractivity contribution in [2.45, 2.75) is 43.4 Å². The van der Waals surface area contributed by atoms with Crippen LogP contribution in [-0.2, 0) is 14.3 Å². The molecule has 1 heterocycles. The Morgan fingerprint density at radius 3 is 1.45 bits per heavy atom. The normalized spacial score (nSPS) is 22.9. The predicted octanol–water partition coefficient (Wildman–Crippen LogP) is 6.62. The SMILES string of the molecule is COc1ccc([C@@H]2CC(=O)C3=C(C2)OC2=C(C(=O)C[C@H](c4ccc(OC)cc4)C2)C3c2ccccc2)cc1. The van der Waals surface area contributed by atoms with Gasteiger partial charge in [-0.1, -0.05) is 54.6 Å². The van der Waals surface area contributed by atoms with Crippen LogP contribution in [0.25, 0.3) is 0 Å². The molecule has 0 radical (unpaired) electrons. The molecule has 0 amide bonds. The molecule has 6 rings (SSSR count). The minimum absolute atomic E-state index is 0.0161. The molecule has 2 aliphatic carbocycles. The number of methoxy groups -OCH3 is 2. The van der Waals surface area contributed by atoms with Crippen molar-refractivity contribution >= 4 is 11.6 Å². The van der Waals surface area contributed by atoms with Crippen LogP contribution in [0.4, 0.5) is 0 Å². The number of benzene rings is 3. The molecular weight excluding hydrogens is 476 g/mol. The van der Waals surface area contributed by atoms with E-state index < -0.39 is 0 Å². The first-order valence-electron chi connectivity index (χ1n) is 13.1. The molecule has 3 aliphatic rings. The molecule has 0 fully saturated rings. The van der Waals surface area contributed by atoms with Gasteiger partial charge in [0, 0.05) is 42.7 Å². The zero-order chi connectivity index (χ0) is 26.2. The maximum absolute atomic E-state index is 13.7. The Morgan fingerprint density at radius 1 is 0.579 bits per heavy atom. The highest BCUT2D eigenvalue weighted by atomic mass is 16.5. The van der Waals surface area contributed by atoms with Crippen LogP contribution in [-0.4, -0.2) is 25.8 Å². The van der Waals surface area contributed by atoms with E-state index in [1.807, 2.05) is 78.9 Å². The highest BCUT2D eigenvalue weighted by Crippen LogP contribution is 2.52. The van der Waals surface area contributed by atoms with Gasteiger partial charge in [0.05, 0.1) is 14.2 Å². The van der Waals surface area contributed by atoms with E-state index in [1.165, 1.54) is 0 Å². The first-order valence-corrected chi connectivity index (χ1v) is 13.1. The third-order valence-electron chi connectivity index (χ3n) is 8.06. The molecule has 0 saturated heterocycles. The van der Waals surface area contributed by atoms with Crippen LogP contribution in [0.2, 0.25) is 0 Å². The van der Waals surface area contributed by atoms with E-state index in [-0.39, 0.29) is 29.3 Å². The van der Waals surface area contributed by atoms with Crippen molar-refractivity contribution in [1.29, 1.82) is 0 Å². The minimum atomic E-state index is -0.386. The first kappa shape index (κ1) is 24.2.